The van der Waals surface area contributed by atoms with Crippen molar-refractivity contribution < 1.29 is 19.4 Å². The molecule has 0 saturated carbocycles. The van der Waals surface area contributed by atoms with Crippen LogP contribution in [0.5, 0.6) is 0 Å². The Bertz CT molecular complexity index is 391. The highest BCUT2D eigenvalue weighted by atomic mass is 28.3. The maximum Gasteiger partial charge on any atom is 0.342 e. The predicted molar refractivity (Wildman–Crippen MR) is 77.5 cm³/mol. The van der Waals surface area contributed by atoms with E-state index < -0.39 is 8.07 Å². The Kier molecular flexibility index (Phi) is 5.81. The van der Waals surface area contributed by atoms with Crippen molar-refractivity contribution in [3.05, 3.63) is 23.0 Å². The second kappa shape index (κ2) is 6.91. The van der Waals surface area contributed by atoms with E-state index in [-0.39, 0.29) is 12.6 Å². The van der Waals surface area contributed by atoms with E-state index in [1.165, 1.54) is 0 Å². The number of rotatable bonds is 6. The Hall–Kier alpha value is -1.07. The summed E-state index contributed by atoms with van der Waals surface area (Å²) >= 11 is 0. The van der Waals surface area contributed by atoms with E-state index >= 15 is 0 Å². The molecule has 0 amide bonds. The summed E-state index contributed by atoms with van der Waals surface area (Å²) in [4.78, 5) is 11.7. The Morgan fingerprint density at radius 2 is 2.16 bits per heavy atom. The van der Waals surface area contributed by atoms with E-state index in [1.54, 1.807) is 0 Å². The molecule has 1 heterocycles. The summed E-state index contributed by atoms with van der Waals surface area (Å²) in [5.74, 6) is 0.223. The first-order chi connectivity index (χ1) is 8.89. The van der Waals surface area contributed by atoms with E-state index in [4.69, 9.17) is 14.6 Å². The molecule has 0 atom stereocenters. The molecule has 5 heteroatoms. The number of carbonyl (C=O) groups excluding carboxylic acids is 1. The second-order valence-electron chi connectivity index (χ2n) is 5.82. The van der Waals surface area contributed by atoms with Crippen LogP contribution in [-0.4, -0.2) is 39.0 Å². The van der Waals surface area contributed by atoms with Gasteiger partial charge in [0.2, 0.25) is 0 Å². The minimum Gasteiger partial charge on any atom is -0.497 e. The lowest BCUT2D eigenvalue weighted by Gasteiger charge is -2.18. The van der Waals surface area contributed by atoms with E-state index in [2.05, 4.69) is 19.6 Å². The average molecular weight is 284 g/mol. The van der Waals surface area contributed by atoms with Crippen LogP contribution in [0, 0.1) is 0 Å². The van der Waals surface area contributed by atoms with Gasteiger partial charge in [-0.3, -0.25) is 0 Å². The monoisotopic (exact) mass is 284 g/mol. The number of esters is 1. The minimum atomic E-state index is -1.17. The number of carbonyl (C=O) groups is 1. The van der Waals surface area contributed by atoms with Gasteiger partial charge in [-0.05, 0) is 13.0 Å². The fraction of sp³-hybridized carbons (Fsp3) is 0.643. The molecule has 0 spiro atoms. The lowest BCUT2D eigenvalue weighted by Crippen LogP contribution is -2.22. The Balaban J connectivity index is 2.83. The number of aliphatic hydroxyl groups excluding tert-OH is 1. The number of cyclic esters (lactones) is 1. The maximum absolute atomic E-state index is 11.7. The molecule has 19 heavy (non-hydrogen) atoms. The van der Waals surface area contributed by atoms with Crippen molar-refractivity contribution in [3.8, 4) is 0 Å². The number of hydrogen-bond acceptors (Lipinski definition) is 4. The highest BCUT2D eigenvalue weighted by Crippen LogP contribution is 2.26. The minimum absolute atomic E-state index is 0.0317. The zero-order valence-corrected chi connectivity index (χ0v) is 13.3. The number of hydrogen-bond donors (Lipinski definition) is 1. The van der Waals surface area contributed by atoms with Crippen molar-refractivity contribution in [3.63, 3.8) is 0 Å². The molecule has 0 unspecified atom stereocenters. The fourth-order valence-corrected chi connectivity index (χ4v) is 2.51. The molecule has 1 aliphatic heterocycles. The SMILES string of the molecule is C/C=C1\COC(=O)\C1=C(\CCO)OCC[Si](C)(C)C. The smallest absolute Gasteiger partial charge is 0.342 e. The standard InChI is InChI=1S/C14H24O4Si/c1-5-11-10-18-14(16)13(11)12(6-7-15)17-8-9-19(2,3)4/h5,15H,6-10H2,1-4H3/b11-5+,13-12-. The molecule has 0 aromatic carbocycles. The normalized spacial score (nSPS) is 20.7. The molecule has 4 nitrogen and oxygen atoms in total. The van der Waals surface area contributed by atoms with Crippen molar-refractivity contribution in [2.75, 3.05) is 19.8 Å². The molecular weight excluding hydrogens is 260 g/mol. The Labute approximate surface area is 116 Å². The molecule has 1 rings (SSSR count). The molecule has 0 radical (unpaired) electrons. The van der Waals surface area contributed by atoms with Crippen LogP contribution in [-0.2, 0) is 14.3 Å². The van der Waals surface area contributed by atoms with Gasteiger partial charge in [-0.15, -0.1) is 0 Å². The number of ether oxygens (including phenoxy) is 2. The quantitative estimate of drug-likeness (QED) is 0.352. The molecule has 0 aromatic heterocycles. The van der Waals surface area contributed by atoms with Gasteiger partial charge in [0.05, 0.1) is 13.2 Å². The summed E-state index contributed by atoms with van der Waals surface area (Å²) in [6, 6.07) is 1.02. The summed E-state index contributed by atoms with van der Waals surface area (Å²) in [6.45, 7) is 9.56. The van der Waals surface area contributed by atoms with Crippen LogP contribution in [0.3, 0.4) is 0 Å². The molecule has 0 aliphatic carbocycles. The van der Waals surface area contributed by atoms with Crippen LogP contribution < -0.4 is 0 Å². The predicted octanol–water partition coefficient (Wildman–Crippen LogP) is 2.48. The van der Waals surface area contributed by atoms with Gasteiger partial charge in [-0.25, -0.2) is 4.79 Å². The third kappa shape index (κ3) is 4.84. The first-order valence-electron chi connectivity index (χ1n) is 6.68. The fourth-order valence-electron chi connectivity index (χ4n) is 1.79. The van der Waals surface area contributed by atoms with Gasteiger partial charge >= 0.3 is 5.97 Å². The van der Waals surface area contributed by atoms with Gasteiger partial charge in [0, 0.05) is 20.1 Å². The van der Waals surface area contributed by atoms with E-state index in [1.807, 2.05) is 13.0 Å². The average Bonchev–Trinajstić information content (AvgIpc) is 2.68. The van der Waals surface area contributed by atoms with E-state index in [9.17, 15) is 4.79 Å². The molecule has 1 saturated heterocycles. The summed E-state index contributed by atoms with van der Waals surface area (Å²) in [5, 5.41) is 9.12. The summed E-state index contributed by atoms with van der Waals surface area (Å²) < 4.78 is 10.8. The van der Waals surface area contributed by atoms with Gasteiger partial charge in [0.15, 0.2) is 0 Å². The Morgan fingerprint density at radius 1 is 1.47 bits per heavy atom. The maximum atomic E-state index is 11.7. The second-order valence-corrected chi connectivity index (χ2v) is 11.4. The molecule has 1 N–H and O–H groups in total. The topological polar surface area (TPSA) is 55.8 Å². The van der Waals surface area contributed by atoms with Crippen molar-refractivity contribution in [1.29, 1.82) is 0 Å². The molecule has 1 fully saturated rings. The largest absolute Gasteiger partial charge is 0.497 e. The molecule has 1 aliphatic rings. The Morgan fingerprint density at radius 3 is 2.68 bits per heavy atom. The van der Waals surface area contributed by atoms with Crippen LogP contribution in [0.15, 0.2) is 23.0 Å². The van der Waals surface area contributed by atoms with Crippen LogP contribution in [0.2, 0.25) is 25.7 Å². The zero-order chi connectivity index (χ0) is 14.5. The zero-order valence-electron chi connectivity index (χ0n) is 12.3. The highest BCUT2D eigenvalue weighted by Gasteiger charge is 2.28. The highest BCUT2D eigenvalue weighted by molar-refractivity contribution is 6.76. The van der Waals surface area contributed by atoms with Crippen molar-refractivity contribution in [2.45, 2.75) is 39.0 Å². The van der Waals surface area contributed by atoms with Crippen LogP contribution in [0.4, 0.5) is 0 Å². The molecule has 108 valence electrons. The van der Waals surface area contributed by atoms with Crippen LogP contribution >= 0.6 is 0 Å². The number of allylic oxidation sites excluding steroid dienone is 1. The van der Waals surface area contributed by atoms with Crippen molar-refractivity contribution >= 4 is 14.0 Å². The third-order valence-electron chi connectivity index (χ3n) is 2.98. The molecule has 0 bridgehead atoms. The first-order valence-corrected chi connectivity index (χ1v) is 10.4. The first kappa shape index (κ1) is 16.0. The van der Waals surface area contributed by atoms with Gasteiger partial charge in [-0.2, -0.15) is 0 Å². The van der Waals surface area contributed by atoms with Gasteiger partial charge in [-0.1, -0.05) is 25.7 Å². The van der Waals surface area contributed by atoms with Gasteiger partial charge < -0.3 is 14.6 Å². The third-order valence-corrected chi connectivity index (χ3v) is 4.68. The van der Waals surface area contributed by atoms with Crippen molar-refractivity contribution in [2.24, 2.45) is 0 Å². The van der Waals surface area contributed by atoms with Crippen molar-refractivity contribution in [1.82, 2.24) is 0 Å². The number of aliphatic hydroxyl groups is 1. The van der Waals surface area contributed by atoms with E-state index in [0.717, 1.165) is 11.6 Å². The summed E-state index contributed by atoms with van der Waals surface area (Å²) in [6.07, 6.45) is 2.22. The molecular formula is C14H24O4Si. The van der Waals surface area contributed by atoms with Crippen LogP contribution in [0.25, 0.3) is 0 Å². The van der Waals surface area contributed by atoms with Crippen LogP contribution in [0.1, 0.15) is 13.3 Å². The lowest BCUT2D eigenvalue weighted by atomic mass is 10.1. The van der Waals surface area contributed by atoms with Gasteiger partial charge in [0.1, 0.15) is 17.9 Å². The van der Waals surface area contributed by atoms with Gasteiger partial charge in [0.25, 0.3) is 0 Å². The summed E-state index contributed by atoms with van der Waals surface area (Å²) in [7, 11) is -1.17. The summed E-state index contributed by atoms with van der Waals surface area (Å²) in [5.41, 5.74) is 1.36. The van der Waals surface area contributed by atoms with E-state index in [0.29, 0.717) is 31.0 Å². The molecule has 0 aromatic rings. The lowest BCUT2D eigenvalue weighted by molar-refractivity contribution is -0.135.